The largest absolute Gasteiger partial charge is 0.335 e. The van der Waals surface area contributed by atoms with E-state index in [4.69, 9.17) is 0 Å². The van der Waals surface area contributed by atoms with Crippen LogP contribution in [-0.4, -0.2) is 18.1 Å². The molecule has 2 aromatic carbocycles. The van der Waals surface area contributed by atoms with E-state index in [1.165, 1.54) is 16.7 Å². The lowest BCUT2D eigenvalue weighted by molar-refractivity contribution is -0.118. The van der Waals surface area contributed by atoms with E-state index in [9.17, 15) is 4.79 Å². The summed E-state index contributed by atoms with van der Waals surface area (Å²) in [6, 6.07) is 16.7. The number of carbonyl (C=O) groups is 1. The van der Waals surface area contributed by atoms with Crippen LogP contribution in [0.4, 0.5) is 5.69 Å². The summed E-state index contributed by atoms with van der Waals surface area (Å²) in [5.41, 5.74) is 4.11. The second-order valence-corrected chi connectivity index (χ2v) is 7.23. The van der Waals surface area contributed by atoms with Crippen molar-refractivity contribution < 1.29 is 4.79 Å². The van der Waals surface area contributed by atoms with Crippen LogP contribution in [0.2, 0.25) is 0 Å². The maximum absolute atomic E-state index is 12.3. The van der Waals surface area contributed by atoms with Gasteiger partial charge in [0.1, 0.15) is 5.66 Å². The number of anilines is 1. The van der Waals surface area contributed by atoms with Crippen molar-refractivity contribution >= 4 is 17.7 Å². The van der Waals surface area contributed by atoms with Gasteiger partial charge in [0.15, 0.2) is 0 Å². The average molecular weight is 318 g/mol. The van der Waals surface area contributed by atoms with Crippen LogP contribution in [0.3, 0.4) is 0 Å². The summed E-state index contributed by atoms with van der Waals surface area (Å²) in [6.45, 7) is 6.93. The normalized spacial score (nSPS) is 24.1. The first kappa shape index (κ1) is 15.0. The maximum atomic E-state index is 12.3. The van der Waals surface area contributed by atoms with Crippen molar-refractivity contribution in [1.82, 2.24) is 5.32 Å². The molecule has 122 valence electrons. The Hall–Kier alpha value is -2.55. The minimum atomic E-state index is -0.518. The molecule has 2 aromatic rings. The van der Waals surface area contributed by atoms with Crippen molar-refractivity contribution in [3.05, 3.63) is 71.3 Å². The van der Waals surface area contributed by atoms with E-state index in [1.54, 1.807) is 0 Å². The van der Waals surface area contributed by atoms with E-state index >= 15 is 0 Å². The number of hydrogen-bond donors (Lipinski definition) is 1. The molecule has 0 aromatic heterocycles. The lowest BCUT2D eigenvalue weighted by Crippen LogP contribution is -2.58. The molecule has 1 amide bonds. The Labute approximate surface area is 143 Å². The first-order chi connectivity index (χ1) is 11.5. The fourth-order valence-corrected chi connectivity index (χ4v) is 4.12. The summed E-state index contributed by atoms with van der Waals surface area (Å²) in [4.78, 5) is 14.5. The van der Waals surface area contributed by atoms with E-state index in [0.717, 1.165) is 5.69 Å². The lowest BCUT2D eigenvalue weighted by atomic mass is 9.75. The molecular formula is C21H22N2O. The van der Waals surface area contributed by atoms with Crippen molar-refractivity contribution in [3.8, 4) is 0 Å². The third-order valence-corrected chi connectivity index (χ3v) is 5.57. The Balaban J connectivity index is 1.86. The summed E-state index contributed by atoms with van der Waals surface area (Å²) in [5.74, 6) is 0.0759. The van der Waals surface area contributed by atoms with E-state index < -0.39 is 5.66 Å². The number of fused-ring (bicyclic) bond motifs is 3. The van der Waals surface area contributed by atoms with Gasteiger partial charge >= 0.3 is 0 Å². The van der Waals surface area contributed by atoms with E-state index in [1.807, 2.05) is 18.2 Å². The fraction of sp³-hybridized carbons (Fsp3) is 0.286. The van der Waals surface area contributed by atoms with E-state index in [0.29, 0.717) is 6.54 Å². The highest BCUT2D eigenvalue weighted by atomic mass is 16.2. The van der Waals surface area contributed by atoms with Crippen molar-refractivity contribution in [2.45, 2.75) is 31.8 Å². The van der Waals surface area contributed by atoms with Gasteiger partial charge in [-0.3, -0.25) is 4.79 Å². The van der Waals surface area contributed by atoms with Crippen LogP contribution in [0.5, 0.6) is 0 Å². The summed E-state index contributed by atoms with van der Waals surface area (Å²) < 4.78 is 0. The smallest absolute Gasteiger partial charge is 0.241 e. The number of hydrogen-bond acceptors (Lipinski definition) is 2. The minimum Gasteiger partial charge on any atom is -0.335 e. The van der Waals surface area contributed by atoms with Crippen molar-refractivity contribution in [1.29, 1.82) is 0 Å². The van der Waals surface area contributed by atoms with Crippen LogP contribution in [0.25, 0.3) is 6.08 Å². The summed E-state index contributed by atoms with van der Waals surface area (Å²) in [5, 5.41) is 3.26. The second kappa shape index (κ2) is 4.97. The number of aryl methyl sites for hydroxylation is 1. The SMILES string of the molecule is Cc1ccccc1/C=C/[C@@]12NC(=O)CN1c1ccccc1C2(C)C. The van der Waals surface area contributed by atoms with Crippen LogP contribution in [-0.2, 0) is 10.2 Å². The fourth-order valence-electron chi connectivity index (χ4n) is 4.12. The Bertz CT molecular complexity index is 852. The number of carbonyl (C=O) groups excluding carboxylic acids is 1. The Morgan fingerprint density at radius 1 is 1.08 bits per heavy atom. The Morgan fingerprint density at radius 2 is 1.79 bits per heavy atom. The summed E-state index contributed by atoms with van der Waals surface area (Å²) >= 11 is 0. The number of nitrogens with zero attached hydrogens (tertiary/aromatic N) is 1. The minimum absolute atomic E-state index is 0.0759. The molecule has 24 heavy (non-hydrogen) atoms. The zero-order valence-corrected chi connectivity index (χ0v) is 14.3. The van der Waals surface area contributed by atoms with Gasteiger partial charge in [0.05, 0.1) is 6.54 Å². The van der Waals surface area contributed by atoms with Crippen LogP contribution >= 0.6 is 0 Å². The molecule has 4 rings (SSSR count). The lowest BCUT2D eigenvalue weighted by Gasteiger charge is -2.40. The summed E-state index contributed by atoms with van der Waals surface area (Å²) in [7, 11) is 0. The second-order valence-electron chi connectivity index (χ2n) is 7.23. The third-order valence-electron chi connectivity index (χ3n) is 5.57. The molecular weight excluding hydrogens is 296 g/mol. The Kier molecular flexibility index (Phi) is 3.11. The van der Waals surface area contributed by atoms with E-state index in [2.05, 4.69) is 73.5 Å². The van der Waals surface area contributed by atoms with Gasteiger partial charge < -0.3 is 10.2 Å². The topological polar surface area (TPSA) is 32.3 Å². The molecule has 1 saturated heterocycles. The van der Waals surface area contributed by atoms with Crippen molar-refractivity contribution in [2.75, 3.05) is 11.4 Å². The van der Waals surface area contributed by atoms with Gasteiger partial charge in [-0.1, -0.05) is 62.4 Å². The first-order valence-electron chi connectivity index (χ1n) is 8.39. The highest BCUT2D eigenvalue weighted by molar-refractivity contribution is 5.91. The molecule has 0 unspecified atom stereocenters. The number of nitrogens with one attached hydrogen (secondary N) is 1. The van der Waals surface area contributed by atoms with Gasteiger partial charge in [-0.15, -0.1) is 0 Å². The maximum Gasteiger partial charge on any atom is 0.241 e. The number of rotatable bonds is 2. The zero-order valence-electron chi connectivity index (χ0n) is 14.3. The molecule has 1 fully saturated rings. The van der Waals surface area contributed by atoms with Crippen LogP contribution in [0.1, 0.15) is 30.5 Å². The van der Waals surface area contributed by atoms with Crippen molar-refractivity contribution in [2.24, 2.45) is 0 Å². The first-order valence-corrected chi connectivity index (χ1v) is 8.39. The number of benzene rings is 2. The van der Waals surface area contributed by atoms with Gasteiger partial charge in [-0.05, 0) is 35.8 Å². The number of para-hydroxylation sites is 1. The van der Waals surface area contributed by atoms with E-state index in [-0.39, 0.29) is 11.3 Å². The number of amides is 1. The molecule has 3 heteroatoms. The predicted molar refractivity (Wildman–Crippen MR) is 97.9 cm³/mol. The molecule has 2 aliphatic rings. The standard InChI is InChI=1S/C21H22N2O/c1-15-8-4-5-9-16(15)12-13-21-20(2,3)17-10-6-7-11-18(17)23(21)14-19(24)22-21/h4-13H,14H2,1-3H3,(H,22,24)/b13-12+/t21-/m1/s1. The highest BCUT2D eigenvalue weighted by Gasteiger charge is 2.59. The molecule has 0 aliphatic carbocycles. The quantitative estimate of drug-likeness (QED) is 0.917. The predicted octanol–water partition coefficient (Wildman–Crippen LogP) is 3.63. The molecule has 0 bridgehead atoms. The molecule has 1 atom stereocenters. The average Bonchev–Trinajstić information content (AvgIpc) is 2.99. The molecule has 0 spiro atoms. The van der Waals surface area contributed by atoms with Crippen LogP contribution in [0.15, 0.2) is 54.6 Å². The van der Waals surface area contributed by atoms with Gasteiger partial charge in [0, 0.05) is 11.1 Å². The monoisotopic (exact) mass is 318 g/mol. The third kappa shape index (κ3) is 1.87. The summed E-state index contributed by atoms with van der Waals surface area (Å²) in [6.07, 6.45) is 4.31. The molecule has 1 N–H and O–H groups in total. The van der Waals surface area contributed by atoms with Gasteiger partial charge in [-0.25, -0.2) is 0 Å². The molecule has 2 heterocycles. The zero-order chi connectivity index (χ0) is 16.9. The molecule has 0 saturated carbocycles. The van der Waals surface area contributed by atoms with Gasteiger partial charge in [0.25, 0.3) is 0 Å². The molecule has 3 nitrogen and oxygen atoms in total. The van der Waals surface area contributed by atoms with Crippen molar-refractivity contribution in [3.63, 3.8) is 0 Å². The van der Waals surface area contributed by atoms with Gasteiger partial charge in [-0.2, -0.15) is 0 Å². The van der Waals surface area contributed by atoms with Gasteiger partial charge in [0.2, 0.25) is 5.91 Å². The Morgan fingerprint density at radius 3 is 2.58 bits per heavy atom. The van der Waals surface area contributed by atoms with Crippen LogP contribution < -0.4 is 10.2 Å². The molecule has 2 aliphatic heterocycles. The highest BCUT2D eigenvalue weighted by Crippen LogP contribution is 2.52. The van der Waals surface area contributed by atoms with Crippen LogP contribution in [0, 0.1) is 6.92 Å². The molecule has 0 radical (unpaired) electrons.